The highest BCUT2D eigenvalue weighted by molar-refractivity contribution is 5.90. The second kappa shape index (κ2) is 15.5. The van der Waals surface area contributed by atoms with E-state index in [-0.39, 0.29) is 42.4 Å². The number of likely N-dealkylation sites (tertiary alicyclic amines) is 1. The van der Waals surface area contributed by atoms with Crippen molar-refractivity contribution >= 4 is 17.7 Å². The van der Waals surface area contributed by atoms with Crippen molar-refractivity contribution in [3.05, 3.63) is 30.1 Å². The van der Waals surface area contributed by atoms with Gasteiger partial charge in [0, 0.05) is 52.0 Å². The van der Waals surface area contributed by atoms with Gasteiger partial charge in [-0.25, -0.2) is 0 Å². The summed E-state index contributed by atoms with van der Waals surface area (Å²) in [5, 5.41) is 6.08. The highest BCUT2D eigenvalue weighted by Crippen LogP contribution is 2.36. The van der Waals surface area contributed by atoms with E-state index in [2.05, 4.69) is 22.5 Å². The van der Waals surface area contributed by atoms with Gasteiger partial charge < -0.3 is 25.0 Å². The van der Waals surface area contributed by atoms with Crippen molar-refractivity contribution in [2.75, 3.05) is 33.4 Å². The zero-order valence-electron chi connectivity index (χ0n) is 24.3. The van der Waals surface area contributed by atoms with Crippen LogP contribution in [0.25, 0.3) is 0 Å². The number of amides is 3. The summed E-state index contributed by atoms with van der Waals surface area (Å²) in [4.78, 5) is 43.2. The molecule has 3 fully saturated rings. The third-order valence-electron chi connectivity index (χ3n) is 8.95. The Kier molecular flexibility index (Phi) is 11.8. The number of pyridine rings is 1. The molecule has 9 nitrogen and oxygen atoms in total. The van der Waals surface area contributed by atoms with Crippen LogP contribution in [0.1, 0.15) is 89.2 Å². The topological polar surface area (TPSA) is 110 Å². The van der Waals surface area contributed by atoms with E-state index in [4.69, 9.17) is 9.47 Å². The van der Waals surface area contributed by atoms with Gasteiger partial charge in [0.2, 0.25) is 17.7 Å². The summed E-state index contributed by atoms with van der Waals surface area (Å²) in [6.07, 6.45) is 14.1. The van der Waals surface area contributed by atoms with Crippen molar-refractivity contribution < 1.29 is 23.9 Å². The van der Waals surface area contributed by atoms with Crippen LogP contribution in [-0.2, 0) is 23.9 Å². The molecule has 2 N–H and O–H groups in total. The molecule has 0 bridgehead atoms. The first kappa shape index (κ1) is 30.4. The van der Waals surface area contributed by atoms with Crippen LogP contribution in [0.4, 0.5) is 0 Å². The summed E-state index contributed by atoms with van der Waals surface area (Å²) in [6, 6.07) is 3.44. The molecule has 1 aromatic rings. The van der Waals surface area contributed by atoms with Crippen molar-refractivity contribution in [3.8, 4) is 0 Å². The fraction of sp³-hybridized carbons (Fsp3) is 0.742. The summed E-state index contributed by atoms with van der Waals surface area (Å²) in [5.41, 5.74) is 0.874. The highest BCUT2D eigenvalue weighted by atomic mass is 16.5. The fourth-order valence-electron chi connectivity index (χ4n) is 6.37. The minimum Gasteiger partial charge on any atom is -0.378 e. The third-order valence-corrected chi connectivity index (χ3v) is 8.95. The molecule has 2 saturated carbocycles. The van der Waals surface area contributed by atoms with Gasteiger partial charge in [0.05, 0.1) is 30.8 Å². The smallest absolute Gasteiger partial charge is 0.226 e. The molecular formula is C31H48N4O5. The molecule has 0 aromatic carbocycles. The maximum absolute atomic E-state index is 12.9. The van der Waals surface area contributed by atoms with Crippen LogP contribution in [0.3, 0.4) is 0 Å². The van der Waals surface area contributed by atoms with Gasteiger partial charge in [-0.3, -0.25) is 19.4 Å². The molecule has 9 heteroatoms. The van der Waals surface area contributed by atoms with Crippen molar-refractivity contribution in [1.82, 2.24) is 20.5 Å². The molecule has 40 heavy (non-hydrogen) atoms. The minimum atomic E-state index is -0.429. The van der Waals surface area contributed by atoms with E-state index >= 15 is 0 Å². The zero-order valence-corrected chi connectivity index (χ0v) is 24.3. The number of carbonyl (C=O) groups is 3. The lowest BCUT2D eigenvalue weighted by atomic mass is 9.83. The lowest BCUT2D eigenvalue weighted by Gasteiger charge is -2.29. The normalized spacial score (nSPS) is 28.9. The van der Waals surface area contributed by atoms with Crippen LogP contribution in [0.5, 0.6) is 0 Å². The Morgan fingerprint density at radius 1 is 1.00 bits per heavy atom. The van der Waals surface area contributed by atoms with Gasteiger partial charge in [-0.15, -0.1) is 0 Å². The zero-order chi connectivity index (χ0) is 28.3. The Morgan fingerprint density at radius 3 is 2.38 bits per heavy atom. The SMILES string of the molecule is CC1CCC(CNC(=O)CCCOC2CCC(OCCNC(=O)[C@H]3CC(=O)N(C)[C@@H]3c3cccnc3)CC2)CC1. The van der Waals surface area contributed by atoms with Crippen LogP contribution in [0.15, 0.2) is 24.5 Å². The molecule has 0 radical (unpaired) electrons. The molecule has 3 aliphatic rings. The molecule has 0 unspecified atom stereocenters. The number of aromatic nitrogens is 1. The van der Waals surface area contributed by atoms with Crippen molar-refractivity contribution in [2.45, 2.75) is 95.8 Å². The lowest BCUT2D eigenvalue weighted by molar-refractivity contribution is -0.128. The van der Waals surface area contributed by atoms with Gasteiger partial charge in [0.1, 0.15) is 0 Å². The van der Waals surface area contributed by atoms with E-state index in [1.165, 1.54) is 25.7 Å². The van der Waals surface area contributed by atoms with Crippen molar-refractivity contribution in [1.29, 1.82) is 0 Å². The number of hydrogen-bond acceptors (Lipinski definition) is 6. The number of hydrogen-bond donors (Lipinski definition) is 2. The lowest BCUT2D eigenvalue weighted by Crippen LogP contribution is -2.37. The monoisotopic (exact) mass is 556 g/mol. The second-order valence-electron chi connectivity index (χ2n) is 12.0. The summed E-state index contributed by atoms with van der Waals surface area (Å²) in [5.74, 6) is 1.05. The minimum absolute atomic E-state index is 0.0307. The molecular weight excluding hydrogens is 508 g/mol. The van der Waals surface area contributed by atoms with E-state index in [9.17, 15) is 14.4 Å². The fourth-order valence-corrected chi connectivity index (χ4v) is 6.37. The first-order valence-corrected chi connectivity index (χ1v) is 15.3. The van der Waals surface area contributed by atoms with E-state index in [1.54, 1.807) is 24.3 Å². The Labute approximate surface area is 239 Å². The average molecular weight is 557 g/mol. The molecule has 222 valence electrons. The van der Waals surface area contributed by atoms with Crippen LogP contribution < -0.4 is 10.6 Å². The van der Waals surface area contributed by atoms with E-state index in [0.29, 0.717) is 32.1 Å². The van der Waals surface area contributed by atoms with Crippen molar-refractivity contribution in [2.24, 2.45) is 17.8 Å². The summed E-state index contributed by atoms with van der Waals surface area (Å²) < 4.78 is 12.1. The van der Waals surface area contributed by atoms with Crippen LogP contribution in [-0.4, -0.2) is 73.2 Å². The maximum Gasteiger partial charge on any atom is 0.226 e. The van der Waals surface area contributed by atoms with Crippen LogP contribution in [0, 0.1) is 17.8 Å². The van der Waals surface area contributed by atoms with E-state index in [1.807, 2.05) is 12.1 Å². The predicted molar refractivity (Wildman–Crippen MR) is 152 cm³/mol. The molecule has 0 spiro atoms. The molecule has 2 atom stereocenters. The van der Waals surface area contributed by atoms with E-state index in [0.717, 1.165) is 50.1 Å². The summed E-state index contributed by atoms with van der Waals surface area (Å²) in [7, 11) is 1.74. The highest BCUT2D eigenvalue weighted by Gasteiger charge is 2.42. The number of carbonyl (C=O) groups excluding carboxylic acids is 3. The quantitative estimate of drug-likeness (QED) is 0.358. The van der Waals surface area contributed by atoms with Gasteiger partial charge in [0.25, 0.3) is 0 Å². The molecule has 4 rings (SSSR count). The van der Waals surface area contributed by atoms with E-state index < -0.39 is 5.92 Å². The Morgan fingerprint density at radius 2 is 1.70 bits per heavy atom. The Hall–Kier alpha value is -2.52. The molecule has 1 aromatic heterocycles. The summed E-state index contributed by atoms with van der Waals surface area (Å²) >= 11 is 0. The third kappa shape index (κ3) is 8.99. The number of nitrogens with one attached hydrogen (secondary N) is 2. The summed E-state index contributed by atoms with van der Waals surface area (Å²) in [6.45, 7) is 4.63. The van der Waals surface area contributed by atoms with Crippen molar-refractivity contribution in [3.63, 3.8) is 0 Å². The molecule has 1 saturated heterocycles. The first-order chi connectivity index (χ1) is 19.4. The van der Waals surface area contributed by atoms with Gasteiger partial charge >= 0.3 is 0 Å². The first-order valence-electron chi connectivity index (χ1n) is 15.3. The number of ether oxygens (including phenoxy) is 2. The Balaban J connectivity index is 1.03. The molecule has 2 heterocycles. The predicted octanol–water partition coefficient (Wildman–Crippen LogP) is 3.78. The van der Waals surface area contributed by atoms with Crippen LogP contribution in [0.2, 0.25) is 0 Å². The van der Waals surface area contributed by atoms with Crippen LogP contribution >= 0.6 is 0 Å². The second-order valence-corrected chi connectivity index (χ2v) is 12.0. The van der Waals surface area contributed by atoms with Gasteiger partial charge in [0.15, 0.2) is 0 Å². The van der Waals surface area contributed by atoms with Gasteiger partial charge in [-0.05, 0) is 68.4 Å². The standard InChI is InChI=1S/C31H48N4O5/c1-22-7-9-23(10-8-22)20-34-28(36)6-4-17-39-25-11-13-26(14-12-25)40-18-16-33-31(38)27-19-29(37)35(2)30(27)24-5-3-15-32-21-24/h3,5,15,21-23,25-27,30H,4,6-14,16-20H2,1-2H3,(H,33,38)(H,34,36)/t22?,23?,25?,26?,27-,30+/m0/s1. The number of nitrogens with zero attached hydrogens (tertiary/aromatic N) is 2. The molecule has 3 amide bonds. The molecule has 1 aliphatic heterocycles. The average Bonchev–Trinajstić information content (AvgIpc) is 3.28. The molecule has 2 aliphatic carbocycles. The van der Waals surface area contributed by atoms with Gasteiger partial charge in [-0.2, -0.15) is 0 Å². The number of rotatable bonds is 13. The Bertz CT molecular complexity index is 944. The largest absolute Gasteiger partial charge is 0.378 e. The maximum atomic E-state index is 12.9. The van der Waals surface area contributed by atoms with Gasteiger partial charge in [-0.1, -0.05) is 25.8 Å².